The van der Waals surface area contributed by atoms with Gasteiger partial charge in [0, 0.05) is 12.1 Å². The fourth-order valence-electron chi connectivity index (χ4n) is 1.62. The summed E-state index contributed by atoms with van der Waals surface area (Å²) in [5.41, 5.74) is 12.9. The fraction of sp³-hybridized carbons (Fsp3) is 0.0909. The number of primary amides is 1. The van der Waals surface area contributed by atoms with Crippen molar-refractivity contribution in [2.24, 2.45) is 5.73 Å². The zero-order valence-corrected chi connectivity index (χ0v) is 8.68. The van der Waals surface area contributed by atoms with Gasteiger partial charge in [-0.15, -0.1) is 6.58 Å². The zero-order valence-electron chi connectivity index (χ0n) is 8.68. The number of anilines is 1. The highest BCUT2D eigenvalue weighted by atomic mass is 16.1. The number of imidazole rings is 1. The third-order valence-corrected chi connectivity index (χ3v) is 2.37. The Balaban J connectivity index is 2.64. The average Bonchev–Trinajstić information content (AvgIpc) is 2.55. The van der Waals surface area contributed by atoms with Gasteiger partial charge in [0.15, 0.2) is 0 Å². The van der Waals surface area contributed by atoms with Crippen molar-refractivity contribution in [3.63, 3.8) is 0 Å². The minimum atomic E-state index is -0.473. The summed E-state index contributed by atoms with van der Waals surface area (Å²) in [7, 11) is 0. The second kappa shape index (κ2) is 3.69. The van der Waals surface area contributed by atoms with Crippen molar-refractivity contribution in [2.45, 2.75) is 6.54 Å². The van der Waals surface area contributed by atoms with Crippen LogP contribution in [0.1, 0.15) is 10.4 Å². The van der Waals surface area contributed by atoms with E-state index in [1.807, 2.05) is 4.57 Å². The van der Waals surface area contributed by atoms with E-state index in [9.17, 15) is 4.79 Å². The van der Waals surface area contributed by atoms with Crippen molar-refractivity contribution in [1.82, 2.24) is 9.55 Å². The number of carbonyl (C=O) groups excluding carboxylic acids is 1. The van der Waals surface area contributed by atoms with Crippen LogP contribution in [0.3, 0.4) is 0 Å². The molecule has 5 nitrogen and oxygen atoms in total. The maximum Gasteiger partial charge on any atom is 0.248 e. The first kappa shape index (κ1) is 10.2. The monoisotopic (exact) mass is 216 g/mol. The molecule has 2 aromatic rings. The Morgan fingerprint density at radius 2 is 2.31 bits per heavy atom. The van der Waals surface area contributed by atoms with E-state index in [4.69, 9.17) is 11.5 Å². The van der Waals surface area contributed by atoms with Crippen molar-refractivity contribution >= 4 is 22.9 Å². The molecule has 0 fully saturated rings. The molecule has 0 atom stereocenters. The van der Waals surface area contributed by atoms with E-state index < -0.39 is 5.91 Å². The molecule has 1 aromatic heterocycles. The van der Waals surface area contributed by atoms with Gasteiger partial charge in [-0.05, 0) is 18.2 Å². The highest BCUT2D eigenvalue weighted by Gasteiger charge is 2.09. The van der Waals surface area contributed by atoms with E-state index in [1.54, 1.807) is 24.3 Å². The summed E-state index contributed by atoms with van der Waals surface area (Å²) in [6.45, 7) is 4.23. The van der Waals surface area contributed by atoms with Crippen molar-refractivity contribution in [1.29, 1.82) is 0 Å². The van der Waals surface area contributed by atoms with Crippen LogP contribution < -0.4 is 11.5 Å². The molecule has 1 heterocycles. The number of hydrogen-bond donors (Lipinski definition) is 2. The quantitative estimate of drug-likeness (QED) is 0.747. The van der Waals surface area contributed by atoms with Gasteiger partial charge >= 0.3 is 0 Å². The lowest BCUT2D eigenvalue weighted by atomic mass is 10.2. The molecule has 2 rings (SSSR count). The number of nitrogen functional groups attached to an aromatic ring is 1. The predicted octanol–water partition coefficient (Wildman–Crippen LogP) is 0.903. The number of carbonyl (C=O) groups is 1. The van der Waals surface area contributed by atoms with E-state index in [1.165, 1.54) is 0 Å². The Morgan fingerprint density at radius 3 is 2.94 bits per heavy atom. The number of nitrogens with two attached hydrogens (primary N) is 2. The van der Waals surface area contributed by atoms with Gasteiger partial charge in [0.05, 0.1) is 11.0 Å². The topological polar surface area (TPSA) is 86.9 Å². The molecule has 1 amide bonds. The lowest BCUT2D eigenvalue weighted by molar-refractivity contribution is 0.100. The third kappa shape index (κ3) is 1.52. The van der Waals surface area contributed by atoms with Crippen LogP contribution in [-0.2, 0) is 6.54 Å². The van der Waals surface area contributed by atoms with Crippen LogP contribution in [0.15, 0.2) is 30.9 Å². The Kier molecular flexibility index (Phi) is 2.36. The smallest absolute Gasteiger partial charge is 0.248 e. The van der Waals surface area contributed by atoms with E-state index in [0.29, 0.717) is 23.6 Å². The first-order valence-electron chi connectivity index (χ1n) is 4.80. The Labute approximate surface area is 92.4 Å². The molecule has 16 heavy (non-hydrogen) atoms. The number of rotatable bonds is 3. The zero-order chi connectivity index (χ0) is 11.7. The van der Waals surface area contributed by atoms with Crippen molar-refractivity contribution < 1.29 is 4.79 Å². The number of nitrogens with zero attached hydrogens (tertiary/aromatic N) is 2. The summed E-state index contributed by atoms with van der Waals surface area (Å²) in [5, 5.41) is 0. The van der Waals surface area contributed by atoms with Crippen LogP contribution in [0, 0.1) is 0 Å². The summed E-state index contributed by atoms with van der Waals surface area (Å²) in [4.78, 5) is 15.2. The van der Waals surface area contributed by atoms with Crippen molar-refractivity contribution in [3.05, 3.63) is 36.4 Å². The van der Waals surface area contributed by atoms with Crippen LogP contribution in [0.4, 0.5) is 5.95 Å². The molecule has 0 unspecified atom stereocenters. The molecular weight excluding hydrogens is 204 g/mol. The van der Waals surface area contributed by atoms with E-state index in [-0.39, 0.29) is 0 Å². The predicted molar refractivity (Wildman–Crippen MR) is 62.9 cm³/mol. The standard InChI is InChI=1S/C11H12N4O/c1-2-5-15-9-4-3-7(10(12)16)6-8(9)14-11(15)13/h2-4,6H,1,5H2,(H2,12,16)(H2,13,14). The van der Waals surface area contributed by atoms with E-state index in [2.05, 4.69) is 11.6 Å². The molecule has 0 aliphatic heterocycles. The highest BCUT2D eigenvalue weighted by Crippen LogP contribution is 2.19. The Morgan fingerprint density at radius 1 is 1.56 bits per heavy atom. The van der Waals surface area contributed by atoms with Gasteiger partial charge in [0.2, 0.25) is 11.9 Å². The maximum atomic E-state index is 11.0. The van der Waals surface area contributed by atoms with Crippen molar-refractivity contribution in [2.75, 3.05) is 5.73 Å². The first-order chi connectivity index (χ1) is 7.63. The normalized spacial score (nSPS) is 10.5. The van der Waals surface area contributed by atoms with Gasteiger partial charge in [-0.2, -0.15) is 0 Å². The van der Waals surface area contributed by atoms with Crippen LogP contribution in [-0.4, -0.2) is 15.5 Å². The molecule has 5 heteroatoms. The molecular formula is C11H12N4O. The molecule has 0 saturated heterocycles. The first-order valence-corrected chi connectivity index (χ1v) is 4.80. The molecule has 0 saturated carbocycles. The van der Waals surface area contributed by atoms with Gasteiger partial charge in [0.1, 0.15) is 0 Å². The minimum Gasteiger partial charge on any atom is -0.369 e. The second-order valence-corrected chi connectivity index (χ2v) is 3.44. The third-order valence-electron chi connectivity index (χ3n) is 2.37. The molecule has 0 bridgehead atoms. The summed E-state index contributed by atoms with van der Waals surface area (Å²) in [5.74, 6) is -0.0738. The maximum absolute atomic E-state index is 11.0. The number of allylic oxidation sites excluding steroid dienone is 1. The molecule has 0 spiro atoms. The van der Waals surface area contributed by atoms with Crippen LogP contribution in [0.2, 0.25) is 0 Å². The lowest BCUT2D eigenvalue weighted by Gasteiger charge is -2.01. The summed E-state index contributed by atoms with van der Waals surface area (Å²) >= 11 is 0. The van der Waals surface area contributed by atoms with Crippen LogP contribution in [0.5, 0.6) is 0 Å². The van der Waals surface area contributed by atoms with Crippen LogP contribution >= 0.6 is 0 Å². The fourth-order valence-corrected chi connectivity index (χ4v) is 1.62. The molecule has 0 aliphatic carbocycles. The highest BCUT2D eigenvalue weighted by molar-refractivity contribution is 5.96. The SMILES string of the molecule is C=CCn1c(N)nc2cc(C(N)=O)ccc21. The molecule has 0 radical (unpaired) electrons. The van der Waals surface area contributed by atoms with Gasteiger partial charge in [-0.25, -0.2) is 4.98 Å². The van der Waals surface area contributed by atoms with Crippen molar-refractivity contribution in [3.8, 4) is 0 Å². The molecule has 0 aliphatic rings. The molecule has 82 valence electrons. The van der Waals surface area contributed by atoms with Gasteiger partial charge in [0.25, 0.3) is 0 Å². The second-order valence-electron chi connectivity index (χ2n) is 3.44. The van der Waals surface area contributed by atoms with Gasteiger partial charge in [-0.3, -0.25) is 4.79 Å². The number of hydrogen-bond acceptors (Lipinski definition) is 3. The largest absolute Gasteiger partial charge is 0.369 e. The average molecular weight is 216 g/mol. The number of amides is 1. The lowest BCUT2D eigenvalue weighted by Crippen LogP contribution is -2.10. The van der Waals surface area contributed by atoms with Crippen LogP contribution in [0.25, 0.3) is 11.0 Å². The van der Waals surface area contributed by atoms with Gasteiger partial charge < -0.3 is 16.0 Å². The minimum absolute atomic E-state index is 0.400. The summed E-state index contributed by atoms with van der Waals surface area (Å²) < 4.78 is 1.81. The number of aromatic nitrogens is 2. The Bertz CT molecular complexity index is 571. The summed E-state index contributed by atoms with van der Waals surface area (Å²) in [6.07, 6.45) is 1.74. The Hall–Kier alpha value is -2.30. The number of benzene rings is 1. The molecule has 1 aromatic carbocycles. The van der Waals surface area contributed by atoms with E-state index in [0.717, 1.165) is 5.52 Å². The molecule has 4 N–H and O–H groups in total. The van der Waals surface area contributed by atoms with Gasteiger partial charge in [-0.1, -0.05) is 6.08 Å². The van der Waals surface area contributed by atoms with E-state index >= 15 is 0 Å². The number of fused-ring (bicyclic) bond motifs is 1. The summed E-state index contributed by atoms with van der Waals surface area (Å²) in [6, 6.07) is 5.07.